The highest BCUT2D eigenvalue weighted by molar-refractivity contribution is 5.76. The van der Waals surface area contributed by atoms with Crippen molar-refractivity contribution in [2.24, 2.45) is 0 Å². The molecule has 0 aliphatic rings. The fraction of sp³-hybridized carbons (Fsp3) is 0.892. The third-order valence-corrected chi connectivity index (χ3v) is 16.9. The standard InChI is InChI=1S/C74H141NO5/c1-3-5-7-9-11-13-15-17-19-21-31-36-40-44-48-52-56-60-64-68-74(79)80-69-65-61-57-53-49-45-41-37-33-30-28-26-24-23-25-27-29-32-35-39-43-47-51-55-59-63-67-73(78)75-71(70-76)72(77)66-62-58-54-50-46-42-38-34-22-20-18-16-14-12-10-8-6-4-2/h11,13,17,19,23,25,71-72,76-77H,3-10,12,14-16,18,20-22,24,26-70H2,1-2H3,(H,75,78)/b13-11-,19-17-,25-23-. The summed E-state index contributed by atoms with van der Waals surface area (Å²) in [5.41, 5.74) is 0. The van der Waals surface area contributed by atoms with Gasteiger partial charge in [-0.2, -0.15) is 0 Å². The van der Waals surface area contributed by atoms with Crippen LogP contribution in [0.1, 0.15) is 399 Å². The van der Waals surface area contributed by atoms with Crippen molar-refractivity contribution in [3.05, 3.63) is 36.5 Å². The first kappa shape index (κ1) is 78.1. The molecule has 6 nitrogen and oxygen atoms in total. The van der Waals surface area contributed by atoms with Gasteiger partial charge in [0.25, 0.3) is 0 Å². The summed E-state index contributed by atoms with van der Waals surface area (Å²) < 4.78 is 5.51. The van der Waals surface area contributed by atoms with E-state index in [4.69, 9.17) is 4.74 Å². The summed E-state index contributed by atoms with van der Waals surface area (Å²) in [6.07, 6.45) is 89.1. The Morgan fingerprint density at radius 3 is 0.988 bits per heavy atom. The van der Waals surface area contributed by atoms with E-state index in [0.29, 0.717) is 25.9 Å². The number of carbonyl (C=O) groups is 2. The first-order valence-electron chi connectivity index (χ1n) is 36.2. The third kappa shape index (κ3) is 65.2. The van der Waals surface area contributed by atoms with Crippen molar-refractivity contribution in [1.29, 1.82) is 0 Å². The fourth-order valence-corrected chi connectivity index (χ4v) is 11.4. The Labute approximate surface area is 500 Å². The highest BCUT2D eigenvalue weighted by Gasteiger charge is 2.20. The van der Waals surface area contributed by atoms with E-state index >= 15 is 0 Å². The molecule has 6 heteroatoms. The number of esters is 1. The summed E-state index contributed by atoms with van der Waals surface area (Å²) in [4.78, 5) is 24.6. The normalized spacial score (nSPS) is 12.7. The van der Waals surface area contributed by atoms with Gasteiger partial charge >= 0.3 is 5.97 Å². The van der Waals surface area contributed by atoms with E-state index in [1.165, 1.54) is 315 Å². The van der Waals surface area contributed by atoms with E-state index in [1.807, 2.05) is 0 Å². The van der Waals surface area contributed by atoms with Gasteiger partial charge in [-0.15, -0.1) is 0 Å². The first-order valence-corrected chi connectivity index (χ1v) is 36.2. The number of carbonyl (C=O) groups excluding carboxylic acids is 2. The maximum absolute atomic E-state index is 12.5. The van der Waals surface area contributed by atoms with Gasteiger partial charge in [0.15, 0.2) is 0 Å². The molecular formula is C74H141NO5. The SMILES string of the molecule is CCCCC/C=C\C/C=C\CCCCCCCCCCCC(=O)OCCCCCCCCCCCCCC/C=C\CCCCCCCCCCCCC(=O)NC(CO)C(O)CCCCCCCCCCCCCCCCCCCC. The minimum atomic E-state index is -0.666. The van der Waals surface area contributed by atoms with E-state index in [-0.39, 0.29) is 18.5 Å². The highest BCUT2D eigenvalue weighted by Crippen LogP contribution is 2.19. The van der Waals surface area contributed by atoms with Crippen LogP contribution in [0.15, 0.2) is 36.5 Å². The second-order valence-corrected chi connectivity index (χ2v) is 24.9. The van der Waals surface area contributed by atoms with E-state index in [9.17, 15) is 19.8 Å². The molecule has 0 aliphatic heterocycles. The van der Waals surface area contributed by atoms with Gasteiger partial charge in [0.05, 0.1) is 25.4 Å². The topological polar surface area (TPSA) is 95.9 Å². The number of aliphatic hydroxyl groups excluding tert-OH is 2. The van der Waals surface area contributed by atoms with Crippen LogP contribution in [0.25, 0.3) is 0 Å². The highest BCUT2D eigenvalue weighted by atomic mass is 16.5. The number of aliphatic hydroxyl groups is 2. The van der Waals surface area contributed by atoms with Crippen LogP contribution in [-0.2, 0) is 14.3 Å². The lowest BCUT2D eigenvalue weighted by Crippen LogP contribution is -2.45. The molecule has 3 N–H and O–H groups in total. The summed E-state index contributed by atoms with van der Waals surface area (Å²) in [5, 5.41) is 23.4. The fourth-order valence-electron chi connectivity index (χ4n) is 11.4. The van der Waals surface area contributed by atoms with E-state index in [1.54, 1.807) is 0 Å². The molecule has 2 atom stereocenters. The number of allylic oxidation sites excluding steroid dienone is 6. The second-order valence-electron chi connectivity index (χ2n) is 24.9. The van der Waals surface area contributed by atoms with E-state index in [2.05, 4.69) is 55.6 Å². The molecule has 0 aromatic heterocycles. The molecule has 0 aliphatic carbocycles. The zero-order valence-electron chi connectivity index (χ0n) is 54.1. The Hall–Kier alpha value is -1.92. The maximum Gasteiger partial charge on any atom is 0.305 e. The minimum Gasteiger partial charge on any atom is -0.466 e. The van der Waals surface area contributed by atoms with Crippen LogP contribution in [-0.4, -0.2) is 47.4 Å². The Kier molecular flexibility index (Phi) is 67.9. The van der Waals surface area contributed by atoms with Crippen molar-refractivity contribution in [1.82, 2.24) is 5.32 Å². The van der Waals surface area contributed by atoms with Crippen molar-refractivity contribution in [3.63, 3.8) is 0 Å². The number of amides is 1. The molecule has 0 heterocycles. The Balaban J connectivity index is 3.38. The lowest BCUT2D eigenvalue weighted by Gasteiger charge is -2.22. The monoisotopic (exact) mass is 1120 g/mol. The average Bonchev–Trinajstić information content (AvgIpc) is 3.46. The molecule has 0 saturated heterocycles. The lowest BCUT2D eigenvalue weighted by atomic mass is 10.0. The van der Waals surface area contributed by atoms with Crippen molar-refractivity contribution < 1.29 is 24.5 Å². The van der Waals surface area contributed by atoms with Crippen LogP contribution in [0.2, 0.25) is 0 Å². The Morgan fingerprint density at radius 2 is 0.625 bits per heavy atom. The van der Waals surface area contributed by atoms with Gasteiger partial charge in [0.1, 0.15) is 0 Å². The van der Waals surface area contributed by atoms with Crippen LogP contribution in [0.5, 0.6) is 0 Å². The van der Waals surface area contributed by atoms with Crippen molar-refractivity contribution >= 4 is 11.9 Å². The molecule has 0 aromatic rings. The average molecular weight is 1120 g/mol. The number of nitrogens with one attached hydrogen (secondary N) is 1. The molecule has 0 aromatic carbocycles. The number of hydrogen-bond acceptors (Lipinski definition) is 5. The third-order valence-electron chi connectivity index (χ3n) is 16.9. The lowest BCUT2D eigenvalue weighted by molar-refractivity contribution is -0.143. The molecule has 0 spiro atoms. The van der Waals surface area contributed by atoms with Gasteiger partial charge in [-0.1, -0.05) is 339 Å². The summed E-state index contributed by atoms with van der Waals surface area (Å²) in [6, 6.07) is -0.544. The number of rotatable bonds is 68. The Morgan fingerprint density at radius 1 is 0.350 bits per heavy atom. The molecule has 1 amide bonds. The molecule has 0 fully saturated rings. The quantitative estimate of drug-likeness (QED) is 0.0320. The van der Waals surface area contributed by atoms with Crippen LogP contribution < -0.4 is 5.32 Å². The van der Waals surface area contributed by atoms with Crippen LogP contribution in [0.4, 0.5) is 0 Å². The predicted octanol–water partition coefficient (Wildman–Crippen LogP) is 23.5. The second kappa shape index (κ2) is 69.6. The van der Waals surface area contributed by atoms with Gasteiger partial charge in [0.2, 0.25) is 5.91 Å². The zero-order chi connectivity index (χ0) is 57.8. The molecule has 0 bridgehead atoms. The van der Waals surface area contributed by atoms with Gasteiger partial charge in [0, 0.05) is 12.8 Å². The molecule has 472 valence electrons. The minimum absolute atomic E-state index is 0.0112. The predicted molar refractivity (Wildman–Crippen MR) is 352 cm³/mol. The van der Waals surface area contributed by atoms with Crippen LogP contribution >= 0.6 is 0 Å². The summed E-state index contributed by atoms with van der Waals surface area (Å²) in [5.74, 6) is -0.0222. The van der Waals surface area contributed by atoms with Crippen molar-refractivity contribution in [2.45, 2.75) is 411 Å². The summed E-state index contributed by atoms with van der Waals surface area (Å²) >= 11 is 0. The van der Waals surface area contributed by atoms with Gasteiger partial charge in [-0.05, 0) is 83.5 Å². The molecular weight excluding hydrogens is 983 g/mol. The first-order chi connectivity index (χ1) is 39.5. The molecule has 2 unspecified atom stereocenters. The van der Waals surface area contributed by atoms with Crippen molar-refractivity contribution in [2.75, 3.05) is 13.2 Å². The maximum atomic E-state index is 12.5. The Bertz CT molecular complexity index is 1300. The number of ether oxygens (including phenoxy) is 1. The zero-order valence-corrected chi connectivity index (χ0v) is 54.1. The molecule has 80 heavy (non-hydrogen) atoms. The van der Waals surface area contributed by atoms with Crippen LogP contribution in [0, 0.1) is 0 Å². The largest absolute Gasteiger partial charge is 0.466 e. The summed E-state index contributed by atoms with van der Waals surface area (Å²) in [7, 11) is 0. The smallest absolute Gasteiger partial charge is 0.305 e. The van der Waals surface area contributed by atoms with Crippen LogP contribution in [0.3, 0.4) is 0 Å². The van der Waals surface area contributed by atoms with Crippen molar-refractivity contribution in [3.8, 4) is 0 Å². The molecule has 0 saturated carbocycles. The van der Waals surface area contributed by atoms with E-state index in [0.717, 1.165) is 51.4 Å². The van der Waals surface area contributed by atoms with E-state index < -0.39 is 12.1 Å². The number of hydrogen-bond donors (Lipinski definition) is 3. The molecule has 0 radical (unpaired) electrons. The summed E-state index contributed by atoms with van der Waals surface area (Å²) in [6.45, 7) is 4.96. The van der Waals surface area contributed by atoms with Gasteiger partial charge in [-0.3, -0.25) is 9.59 Å². The van der Waals surface area contributed by atoms with Gasteiger partial charge in [-0.25, -0.2) is 0 Å². The molecule has 0 rings (SSSR count). The number of unbranched alkanes of at least 4 members (excludes halogenated alkanes) is 51. The van der Waals surface area contributed by atoms with Gasteiger partial charge < -0.3 is 20.3 Å².